The number of aliphatic hydroxyl groups excluding tert-OH is 3. The molecule has 1 aliphatic rings. The molecule has 0 saturated carbocycles. The highest BCUT2D eigenvalue weighted by Crippen LogP contribution is 2.28. The molecule has 1 aliphatic heterocycles. The van der Waals surface area contributed by atoms with Crippen LogP contribution in [0.4, 0.5) is 0 Å². The van der Waals surface area contributed by atoms with Gasteiger partial charge in [-0.3, -0.25) is 9.59 Å². The van der Waals surface area contributed by atoms with E-state index in [1.807, 2.05) is 33.8 Å². The van der Waals surface area contributed by atoms with Crippen LogP contribution in [0.1, 0.15) is 80.1 Å². The predicted molar refractivity (Wildman–Crippen MR) is 175 cm³/mol. The molecule has 0 amide bonds. The van der Waals surface area contributed by atoms with E-state index in [0.717, 1.165) is 12.8 Å². The van der Waals surface area contributed by atoms with E-state index in [2.05, 4.69) is 13.5 Å². The molecule has 4 N–H and O–H groups in total. The minimum Gasteiger partial charge on any atom is -0.481 e. The van der Waals surface area contributed by atoms with Gasteiger partial charge in [0.25, 0.3) is 0 Å². The second kappa shape index (κ2) is 20.9. The van der Waals surface area contributed by atoms with Gasteiger partial charge in [0.05, 0.1) is 31.2 Å². The van der Waals surface area contributed by atoms with E-state index in [4.69, 9.17) is 14.6 Å². The second-order valence-electron chi connectivity index (χ2n) is 12.8. The minimum atomic E-state index is -1.11. The molecule has 0 bridgehead atoms. The molecular weight excluding hydrogens is 576 g/mol. The third-order valence-corrected chi connectivity index (χ3v) is 8.58. The van der Waals surface area contributed by atoms with Gasteiger partial charge in [-0.15, -0.1) is 0 Å². The fourth-order valence-electron chi connectivity index (χ4n) is 5.62. The van der Waals surface area contributed by atoms with E-state index in [-0.39, 0.29) is 48.9 Å². The molecule has 0 spiro atoms. The van der Waals surface area contributed by atoms with Crippen LogP contribution in [0.3, 0.4) is 0 Å². The number of hydrogen-bond donors (Lipinski definition) is 4. The number of aliphatic carboxylic acids is 1. The standard InChI is InChI=1S/C36H56O9/c1-8-9-12-26(5)36-28(7)30(38)18-15-23(2)21-27(6)35(43)25(4)16-17-29(37)22-31(44-34(42)20-19-32(39)40)24(3)13-10-11-14-33(41)45-36/h8-14,16-17,23-31,35-38,43H,1,15,18-22H2,2-7H3,(H,39,40). The molecule has 1 rings (SSSR count). The SMILES string of the molecule is C=CC=CC(C)C1OC(=O)C=CC=CC(C)C(OC(=O)CCC(=O)O)CC(O)C=CC(C)C(O)C(C)CC(C)CCC(O)C1C. The van der Waals surface area contributed by atoms with Crippen molar-refractivity contribution < 1.29 is 44.3 Å². The summed E-state index contributed by atoms with van der Waals surface area (Å²) in [7, 11) is 0. The zero-order chi connectivity index (χ0) is 34.1. The summed E-state index contributed by atoms with van der Waals surface area (Å²) in [6, 6.07) is 0. The Bertz CT molecular complexity index is 1050. The summed E-state index contributed by atoms with van der Waals surface area (Å²) >= 11 is 0. The maximum absolute atomic E-state index is 12.8. The van der Waals surface area contributed by atoms with Crippen molar-refractivity contribution in [3.05, 3.63) is 61.3 Å². The van der Waals surface area contributed by atoms with E-state index in [0.29, 0.717) is 6.42 Å². The highest BCUT2D eigenvalue weighted by atomic mass is 16.5. The third kappa shape index (κ3) is 15.7. The van der Waals surface area contributed by atoms with Crippen molar-refractivity contribution in [3.63, 3.8) is 0 Å². The average Bonchev–Trinajstić information content (AvgIpc) is 2.99. The van der Waals surface area contributed by atoms with Crippen molar-refractivity contribution in [2.75, 3.05) is 0 Å². The Hall–Kier alpha value is -3.01. The number of carbonyl (C=O) groups is 3. The van der Waals surface area contributed by atoms with Crippen LogP contribution in [0.15, 0.2) is 61.3 Å². The first-order chi connectivity index (χ1) is 21.2. The Morgan fingerprint density at radius 3 is 2.33 bits per heavy atom. The lowest BCUT2D eigenvalue weighted by Gasteiger charge is -2.31. The lowest BCUT2D eigenvalue weighted by Crippen LogP contribution is -2.37. The van der Waals surface area contributed by atoms with Crippen molar-refractivity contribution in [1.82, 2.24) is 0 Å². The van der Waals surface area contributed by atoms with Crippen molar-refractivity contribution in [2.45, 2.75) is 111 Å². The molecular formula is C36H56O9. The van der Waals surface area contributed by atoms with Crippen molar-refractivity contribution in [1.29, 1.82) is 0 Å². The predicted octanol–water partition coefficient (Wildman–Crippen LogP) is 5.56. The van der Waals surface area contributed by atoms with Crippen LogP contribution < -0.4 is 0 Å². The Kier molecular flexibility index (Phi) is 18.6. The Morgan fingerprint density at radius 2 is 1.69 bits per heavy atom. The Labute approximate surface area is 269 Å². The maximum atomic E-state index is 12.8. The molecule has 254 valence electrons. The molecule has 11 atom stereocenters. The van der Waals surface area contributed by atoms with Gasteiger partial charge in [0.2, 0.25) is 0 Å². The molecule has 9 nitrogen and oxygen atoms in total. The van der Waals surface area contributed by atoms with Crippen molar-refractivity contribution in [3.8, 4) is 0 Å². The van der Waals surface area contributed by atoms with Gasteiger partial charge < -0.3 is 29.9 Å². The first-order valence-electron chi connectivity index (χ1n) is 16.1. The monoisotopic (exact) mass is 632 g/mol. The molecule has 0 fully saturated rings. The summed E-state index contributed by atoms with van der Waals surface area (Å²) < 4.78 is 11.4. The van der Waals surface area contributed by atoms with E-state index in [1.54, 1.807) is 43.4 Å². The lowest BCUT2D eigenvalue weighted by atomic mass is 9.82. The molecule has 0 aromatic heterocycles. The summed E-state index contributed by atoms with van der Waals surface area (Å²) in [5, 5.41) is 41.8. The van der Waals surface area contributed by atoms with Crippen LogP contribution in [0.2, 0.25) is 0 Å². The van der Waals surface area contributed by atoms with Gasteiger partial charge in [0.15, 0.2) is 0 Å². The second-order valence-corrected chi connectivity index (χ2v) is 12.8. The number of esters is 2. The van der Waals surface area contributed by atoms with Gasteiger partial charge >= 0.3 is 17.9 Å². The van der Waals surface area contributed by atoms with Crippen LogP contribution >= 0.6 is 0 Å². The molecule has 0 saturated heterocycles. The number of carboxylic acid groups (broad SMARTS) is 1. The summed E-state index contributed by atoms with van der Waals surface area (Å²) in [4.78, 5) is 36.1. The number of cyclic esters (lactones) is 1. The number of carboxylic acids is 1. The van der Waals surface area contributed by atoms with E-state index < -0.39 is 54.3 Å². The first-order valence-corrected chi connectivity index (χ1v) is 16.1. The largest absolute Gasteiger partial charge is 0.481 e. The molecule has 11 unspecified atom stereocenters. The average molecular weight is 633 g/mol. The molecule has 45 heavy (non-hydrogen) atoms. The summed E-state index contributed by atoms with van der Waals surface area (Å²) in [6.45, 7) is 15.2. The van der Waals surface area contributed by atoms with Crippen LogP contribution in [0.5, 0.6) is 0 Å². The number of aliphatic hydroxyl groups is 3. The maximum Gasteiger partial charge on any atom is 0.331 e. The van der Waals surface area contributed by atoms with Gasteiger partial charge in [-0.25, -0.2) is 4.79 Å². The highest BCUT2D eigenvalue weighted by molar-refractivity contribution is 5.82. The quantitative estimate of drug-likeness (QED) is 0.161. The Morgan fingerprint density at radius 1 is 1.00 bits per heavy atom. The fraction of sp³-hybridized carbons (Fsp3) is 0.639. The van der Waals surface area contributed by atoms with Gasteiger partial charge in [-0.05, 0) is 31.1 Å². The molecule has 1 heterocycles. The fourth-order valence-corrected chi connectivity index (χ4v) is 5.62. The zero-order valence-electron chi connectivity index (χ0n) is 27.8. The van der Waals surface area contributed by atoms with Crippen LogP contribution in [0.25, 0.3) is 0 Å². The first kappa shape index (κ1) is 40.0. The topological polar surface area (TPSA) is 151 Å². The summed E-state index contributed by atoms with van der Waals surface area (Å²) in [6.07, 6.45) is 12.5. The summed E-state index contributed by atoms with van der Waals surface area (Å²) in [5.74, 6) is -3.35. The van der Waals surface area contributed by atoms with Crippen LogP contribution in [-0.4, -0.2) is 68.9 Å². The van der Waals surface area contributed by atoms with Crippen LogP contribution in [0, 0.1) is 35.5 Å². The zero-order valence-corrected chi connectivity index (χ0v) is 27.8. The number of rotatable bonds is 7. The number of hydrogen-bond acceptors (Lipinski definition) is 8. The number of ether oxygens (including phenoxy) is 2. The van der Waals surface area contributed by atoms with Crippen LogP contribution in [-0.2, 0) is 23.9 Å². The molecule has 0 aliphatic carbocycles. The number of carbonyl (C=O) groups excluding carboxylic acids is 2. The van der Waals surface area contributed by atoms with Gasteiger partial charge in [0.1, 0.15) is 12.2 Å². The van der Waals surface area contributed by atoms with Crippen molar-refractivity contribution >= 4 is 17.9 Å². The highest BCUT2D eigenvalue weighted by Gasteiger charge is 2.31. The molecule has 0 aromatic rings. The van der Waals surface area contributed by atoms with E-state index in [9.17, 15) is 29.7 Å². The van der Waals surface area contributed by atoms with E-state index >= 15 is 0 Å². The lowest BCUT2D eigenvalue weighted by molar-refractivity contribution is -0.154. The minimum absolute atomic E-state index is 0.0399. The molecule has 0 aromatic carbocycles. The summed E-state index contributed by atoms with van der Waals surface area (Å²) in [5.41, 5.74) is 0. The number of allylic oxidation sites excluding steroid dienone is 4. The van der Waals surface area contributed by atoms with E-state index in [1.165, 1.54) is 12.2 Å². The van der Waals surface area contributed by atoms with Crippen molar-refractivity contribution in [2.24, 2.45) is 35.5 Å². The van der Waals surface area contributed by atoms with Gasteiger partial charge in [-0.1, -0.05) is 96.7 Å². The molecule has 9 heteroatoms. The third-order valence-electron chi connectivity index (χ3n) is 8.58. The van der Waals surface area contributed by atoms with Gasteiger partial charge in [0, 0.05) is 36.2 Å². The van der Waals surface area contributed by atoms with Gasteiger partial charge in [-0.2, -0.15) is 0 Å². The Balaban J connectivity index is 3.34. The normalized spacial score (nSPS) is 33.8. The molecule has 0 radical (unpaired) electrons. The smallest absolute Gasteiger partial charge is 0.331 e.